The van der Waals surface area contributed by atoms with Crippen molar-refractivity contribution in [2.75, 3.05) is 0 Å². The SMILES string of the molecule is Cc1ncc(COc2cccc(F)c2)cn1. The molecule has 2 rings (SSSR count). The molecule has 1 aromatic heterocycles. The van der Waals surface area contributed by atoms with Crippen molar-refractivity contribution >= 4 is 0 Å². The molecule has 4 heteroatoms. The molecule has 0 saturated carbocycles. The third kappa shape index (κ3) is 2.76. The summed E-state index contributed by atoms with van der Waals surface area (Å²) in [7, 11) is 0. The van der Waals surface area contributed by atoms with Crippen LogP contribution < -0.4 is 4.74 Å². The molecule has 0 N–H and O–H groups in total. The average molecular weight is 218 g/mol. The molecule has 0 atom stereocenters. The van der Waals surface area contributed by atoms with Crippen molar-refractivity contribution in [1.29, 1.82) is 0 Å². The second-order valence-corrected chi connectivity index (χ2v) is 3.38. The Hall–Kier alpha value is -1.97. The van der Waals surface area contributed by atoms with Gasteiger partial charge in [0.1, 0.15) is 24.0 Å². The number of ether oxygens (including phenoxy) is 1. The summed E-state index contributed by atoms with van der Waals surface area (Å²) in [4.78, 5) is 8.09. The Morgan fingerprint density at radius 1 is 1.25 bits per heavy atom. The normalized spacial score (nSPS) is 10.1. The number of nitrogens with zero attached hydrogens (tertiary/aromatic N) is 2. The van der Waals surface area contributed by atoms with Gasteiger partial charge >= 0.3 is 0 Å². The van der Waals surface area contributed by atoms with Crippen LogP contribution in [0.1, 0.15) is 11.4 Å². The van der Waals surface area contributed by atoms with Crippen LogP contribution in [0.25, 0.3) is 0 Å². The first-order valence-electron chi connectivity index (χ1n) is 4.90. The van der Waals surface area contributed by atoms with E-state index in [2.05, 4.69) is 9.97 Å². The lowest BCUT2D eigenvalue weighted by molar-refractivity contribution is 0.303. The van der Waals surface area contributed by atoms with Crippen molar-refractivity contribution < 1.29 is 9.13 Å². The topological polar surface area (TPSA) is 35.0 Å². The molecule has 0 aliphatic heterocycles. The molecule has 2 aromatic rings. The highest BCUT2D eigenvalue weighted by molar-refractivity contribution is 5.22. The van der Waals surface area contributed by atoms with Crippen molar-refractivity contribution in [3.05, 3.63) is 53.9 Å². The van der Waals surface area contributed by atoms with Crippen LogP contribution >= 0.6 is 0 Å². The fraction of sp³-hybridized carbons (Fsp3) is 0.167. The Morgan fingerprint density at radius 2 is 2.00 bits per heavy atom. The first-order chi connectivity index (χ1) is 7.74. The highest BCUT2D eigenvalue weighted by atomic mass is 19.1. The van der Waals surface area contributed by atoms with E-state index in [0.717, 1.165) is 11.4 Å². The van der Waals surface area contributed by atoms with E-state index in [4.69, 9.17) is 4.74 Å². The van der Waals surface area contributed by atoms with Crippen molar-refractivity contribution in [1.82, 2.24) is 9.97 Å². The Labute approximate surface area is 92.9 Å². The van der Waals surface area contributed by atoms with E-state index < -0.39 is 0 Å². The number of halogens is 1. The summed E-state index contributed by atoms with van der Waals surface area (Å²) in [5, 5.41) is 0. The Morgan fingerprint density at radius 3 is 2.69 bits per heavy atom. The van der Waals surface area contributed by atoms with Gasteiger partial charge in [0.05, 0.1) is 0 Å². The predicted octanol–water partition coefficient (Wildman–Crippen LogP) is 2.50. The van der Waals surface area contributed by atoms with E-state index in [9.17, 15) is 4.39 Å². The van der Waals surface area contributed by atoms with Crippen LogP contribution in [0, 0.1) is 12.7 Å². The molecule has 0 bridgehead atoms. The summed E-state index contributed by atoms with van der Waals surface area (Å²) < 4.78 is 18.2. The summed E-state index contributed by atoms with van der Waals surface area (Å²) >= 11 is 0. The zero-order chi connectivity index (χ0) is 11.4. The van der Waals surface area contributed by atoms with Gasteiger partial charge in [-0.2, -0.15) is 0 Å². The van der Waals surface area contributed by atoms with Crippen molar-refractivity contribution in [2.24, 2.45) is 0 Å². The lowest BCUT2D eigenvalue weighted by Gasteiger charge is -2.05. The van der Waals surface area contributed by atoms with Gasteiger partial charge in [-0.15, -0.1) is 0 Å². The second-order valence-electron chi connectivity index (χ2n) is 3.38. The summed E-state index contributed by atoms with van der Waals surface area (Å²) in [6.45, 7) is 2.15. The Balaban J connectivity index is 1.99. The molecule has 16 heavy (non-hydrogen) atoms. The van der Waals surface area contributed by atoms with E-state index in [0.29, 0.717) is 12.4 Å². The third-order valence-electron chi connectivity index (χ3n) is 2.04. The molecule has 0 aliphatic rings. The highest BCUT2D eigenvalue weighted by Crippen LogP contribution is 2.13. The molecule has 0 amide bonds. The van der Waals surface area contributed by atoms with Crippen LogP contribution in [0.5, 0.6) is 5.75 Å². The molecule has 1 heterocycles. The first-order valence-corrected chi connectivity index (χ1v) is 4.90. The minimum atomic E-state index is -0.308. The van der Waals surface area contributed by atoms with Gasteiger partial charge in [0.2, 0.25) is 0 Å². The molecule has 1 aromatic carbocycles. The third-order valence-corrected chi connectivity index (χ3v) is 2.04. The molecule has 0 aliphatic carbocycles. The monoisotopic (exact) mass is 218 g/mol. The van der Waals surface area contributed by atoms with Gasteiger partial charge in [-0.25, -0.2) is 14.4 Å². The van der Waals surface area contributed by atoms with E-state index in [-0.39, 0.29) is 5.82 Å². The van der Waals surface area contributed by atoms with Gasteiger partial charge in [-0.05, 0) is 19.1 Å². The number of benzene rings is 1. The van der Waals surface area contributed by atoms with Crippen molar-refractivity contribution in [3.8, 4) is 5.75 Å². The Kier molecular flexibility index (Phi) is 3.10. The summed E-state index contributed by atoms with van der Waals surface area (Å²) in [6.07, 6.45) is 3.39. The molecule has 3 nitrogen and oxygen atoms in total. The molecule has 0 radical (unpaired) electrons. The molecule has 0 unspecified atom stereocenters. The van der Waals surface area contributed by atoms with Gasteiger partial charge in [0.15, 0.2) is 0 Å². The number of hydrogen-bond donors (Lipinski definition) is 0. The highest BCUT2D eigenvalue weighted by Gasteiger charge is 1.98. The van der Waals surface area contributed by atoms with Crippen LogP contribution in [-0.2, 0) is 6.61 Å². The first kappa shape index (κ1) is 10.5. The quantitative estimate of drug-likeness (QED) is 0.793. The van der Waals surface area contributed by atoms with Crippen molar-refractivity contribution in [2.45, 2.75) is 13.5 Å². The molecular weight excluding hydrogens is 207 g/mol. The van der Waals surface area contributed by atoms with E-state index in [1.807, 2.05) is 6.92 Å². The van der Waals surface area contributed by atoms with Gasteiger partial charge < -0.3 is 4.74 Å². The maximum atomic E-state index is 12.8. The summed E-state index contributed by atoms with van der Waals surface area (Å²) in [5.74, 6) is 0.910. The van der Waals surface area contributed by atoms with Gasteiger partial charge in [0, 0.05) is 24.0 Å². The summed E-state index contributed by atoms with van der Waals surface area (Å²) in [6, 6.07) is 6.03. The van der Waals surface area contributed by atoms with Crippen LogP contribution in [0.15, 0.2) is 36.7 Å². The van der Waals surface area contributed by atoms with Crippen LogP contribution in [-0.4, -0.2) is 9.97 Å². The fourth-order valence-electron chi connectivity index (χ4n) is 1.22. The van der Waals surface area contributed by atoms with Crippen LogP contribution in [0.3, 0.4) is 0 Å². The maximum absolute atomic E-state index is 12.8. The van der Waals surface area contributed by atoms with Gasteiger partial charge in [0.25, 0.3) is 0 Å². The van der Waals surface area contributed by atoms with Gasteiger partial charge in [-0.3, -0.25) is 0 Å². The number of aromatic nitrogens is 2. The van der Waals surface area contributed by atoms with E-state index in [1.165, 1.54) is 12.1 Å². The summed E-state index contributed by atoms with van der Waals surface area (Å²) in [5.41, 5.74) is 0.856. The maximum Gasteiger partial charge on any atom is 0.126 e. The molecule has 0 spiro atoms. The van der Waals surface area contributed by atoms with Crippen LogP contribution in [0.4, 0.5) is 4.39 Å². The minimum Gasteiger partial charge on any atom is -0.489 e. The lowest BCUT2D eigenvalue weighted by Crippen LogP contribution is -1.98. The number of aryl methyl sites for hydroxylation is 1. The fourth-order valence-corrected chi connectivity index (χ4v) is 1.22. The lowest BCUT2D eigenvalue weighted by atomic mass is 10.3. The van der Waals surface area contributed by atoms with Crippen LogP contribution in [0.2, 0.25) is 0 Å². The smallest absolute Gasteiger partial charge is 0.126 e. The standard InChI is InChI=1S/C12H11FN2O/c1-9-14-6-10(7-15-9)8-16-12-4-2-3-11(13)5-12/h2-7H,8H2,1H3. The molecule has 82 valence electrons. The van der Waals surface area contributed by atoms with Gasteiger partial charge in [-0.1, -0.05) is 6.07 Å². The zero-order valence-corrected chi connectivity index (χ0v) is 8.85. The molecule has 0 saturated heterocycles. The molecular formula is C12H11FN2O. The largest absolute Gasteiger partial charge is 0.489 e. The number of rotatable bonds is 3. The second kappa shape index (κ2) is 4.70. The molecule has 0 fully saturated rings. The Bertz CT molecular complexity index is 471. The zero-order valence-electron chi connectivity index (χ0n) is 8.85. The van der Waals surface area contributed by atoms with Crippen molar-refractivity contribution in [3.63, 3.8) is 0 Å². The average Bonchev–Trinajstić information content (AvgIpc) is 2.28. The predicted molar refractivity (Wildman–Crippen MR) is 57.5 cm³/mol. The van der Waals surface area contributed by atoms with E-state index >= 15 is 0 Å². The van der Waals surface area contributed by atoms with E-state index in [1.54, 1.807) is 24.5 Å². The minimum absolute atomic E-state index is 0.308. The number of hydrogen-bond acceptors (Lipinski definition) is 3.